The molecule has 0 aliphatic heterocycles. The fourth-order valence-electron chi connectivity index (χ4n) is 2.63. The monoisotopic (exact) mass is 380 g/mol. The number of ether oxygens (including phenoxy) is 2. The zero-order valence-electron chi connectivity index (χ0n) is 16.6. The molecule has 0 aromatic heterocycles. The first-order valence-electron chi connectivity index (χ1n) is 9.26. The molecule has 0 heterocycles. The molecular weight excluding hydrogens is 348 g/mol. The van der Waals surface area contributed by atoms with Crippen molar-refractivity contribution in [3.63, 3.8) is 0 Å². The maximum atomic E-state index is 12.5. The highest BCUT2D eigenvalue weighted by Crippen LogP contribution is 2.15. The fourth-order valence-corrected chi connectivity index (χ4v) is 2.63. The Morgan fingerprint density at radius 2 is 1.85 bits per heavy atom. The molecule has 0 aliphatic carbocycles. The van der Waals surface area contributed by atoms with Gasteiger partial charge in [0.15, 0.2) is 0 Å². The van der Waals surface area contributed by atoms with Crippen molar-refractivity contribution in [2.24, 2.45) is 11.7 Å². The summed E-state index contributed by atoms with van der Waals surface area (Å²) in [6.45, 7) is 5.92. The van der Waals surface area contributed by atoms with Gasteiger partial charge in [0.05, 0.1) is 38.4 Å². The highest BCUT2D eigenvalue weighted by Gasteiger charge is 2.31. The van der Waals surface area contributed by atoms with E-state index in [0.717, 1.165) is 12.0 Å². The number of hydrogen-bond donors (Lipinski definition) is 3. The molecule has 1 rings (SSSR count). The minimum atomic E-state index is -1.05. The first kappa shape index (κ1) is 23.1. The van der Waals surface area contributed by atoms with Gasteiger partial charge in [0, 0.05) is 0 Å². The number of rotatable bonds is 11. The third kappa shape index (κ3) is 7.66. The number of methoxy groups -OCH3 is 1. The van der Waals surface area contributed by atoms with Crippen molar-refractivity contribution in [1.29, 1.82) is 0 Å². The fraction of sp³-hybridized carbons (Fsp3) is 0.600. The first-order valence-corrected chi connectivity index (χ1v) is 9.26. The lowest BCUT2D eigenvalue weighted by Gasteiger charge is -2.30. The van der Waals surface area contributed by atoms with Crippen molar-refractivity contribution in [3.8, 4) is 0 Å². The topological polar surface area (TPSA) is 111 Å². The zero-order chi connectivity index (χ0) is 20.4. The van der Waals surface area contributed by atoms with Crippen molar-refractivity contribution in [2.75, 3.05) is 7.11 Å². The van der Waals surface area contributed by atoms with Crippen molar-refractivity contribution in [3.05, 3.63) is 35.9 Å². The maximum absolute atomic E-state index is 12.5. The molecule has 0 saturated heterocycles. The van der Waals surface area contributed by atoms with E-state index in [9.17, 15) is 14.7 Å². The Morgan fingerprint density at radius 1 is 1.22 bits per heavy atom. The van der Waals surface area contributed by atoms with Gasteiger partial charge in [0.25, 0.3) is 0 Å². The summed E-state index contributed by atoms with van der Waals surface area (Å²) in [6, 6.07) is 8.10. The lowest BCUT2D eigenvalue weighted by molar-refractivity contribution is -0.144. The number of nitrogens with one attached hydrogen (secondary N) is 1. The molecule has 27 heavy (non-hydrogen) atoms. The average molecular weight is 380 g/mol. The number of esters is 1. The molecule has 1 aromatic carbocycles. The van der Waals surface area contributed by atoms with E-state index in [1.165, 1.54) is 7.11 Å². The number of nitrogens with two attached hydrogens (primary N) is 1. The van der Waals surface area contributed by atoms with Crippen LogP contribution in [0.1, 0.15) is 39.2 Å². The molecule has 0 aliphatic rings. The van der Waals surface area contributed by atoms with E-state index in [1.807, 2.05) is 44.2 Å². The van der Waals surface area contributed by atoms with Gasteiger partial charge in [-0.15, -0.1) is 0 Å². The molecule has 152 valence electrons. The average Bonchev–Trinajstić information content (AvgIpc) is 2.69. The van der Waals surface area contributed by atoms with Gasteiger partial charge in [-0.25, -0.2) is 0 Å². The van der Waals surface area contributed by atoms with Crippen LogP contribution in [0.4, 0.5) is 0 Å². The van der Waals surface area contributed by atoms with E-state index in [-0.39, 0.29) is 12.3 Å². The van der Waals surface area contributed by atoms with Crippen LogP contribution < -0.4 is 11.1 Å². The predicted octanol–water partition coefficient (Wildman–Crippen LogP) is 1.37. The summed E-state index contributed by atoms with van der Waals surface area (Å²) in [5.41, 5.74) is 7.02. The second-order valence-corrected chi connectivity index (χ2v) is 6.80. The van der Waals surface area contributed by atoms with Crippen LogP contribution in [0.2, 0.25) is 0 Å². The van der Waals surface area contributed by atoms with Crippen LogP contribution in [0.5, 0.6) is 0 Å². The van der Waals surface area contributed by atoms with Crippen LogP contribution in [0.15, 0.2) is 30.3 Å². The lowest BCUT2D eigenvalue weighted by Crippen LogP contribution is -2.55. The summed E-state index contributed by atoms with van der Waals surface area (Å²) in [5.74, 6) is -1.000. The van der Waals surface area contributed by atoms with E-state index in [2.05, 4.69) is 10.1 Å². The Bertz CT molecular complexity index is 581. The van der Waals surface area contributed by atoms with Crippen molar-refractivity contribution >= 4 is 11.9 Å². The molecule has 1 amide bonds. The number of hydrogen-bond acceptors (Lipinski definition) is 6. The van der Waals surface area contributed by atoms with Gasteiger partial charge in [-0.05, 0) is 18.4 Å². The third-order valence-corrected chi connectivity index (χ3v) is 4.75. The summed E-state index contributed by atoms with van der Waals surface area (Å²) in [6.07, 6.45) is -1.04. The van der Waals surface area contributed by atoms with Gasteiger partial charge in [-0.2, -0.15) is 0 Å². The maximum Gasteiger partial charge on any atom is 0.308 e. The largest absolute Gasteiger partial charge is 0.469 e. The first-order chi connectivity index (χ1) is 12.8. The van der Waals surface area contributed by atoms with Crippen molar-refractivity contribution in [1.82, 2.24) is 5.32 Å². The number of benzene rings is 1. The van der Waals surface area contributed by atoms with Crippen LogP contribution >= 0.6 is 0 Å². The van der Waals surface area contributed by atoms with E-state index < -0.39 is 36.2 Å². The van der Waals surface area contributed by atoms with E-state index in [4.69, 9.17) is 10.5 Å². The van der Waals surface area contributed by atoms with Crippen molar-refractivity contribution < 1.29 is 24.2 Å². The molecule has 0 fully saturated rings. The second-order valence-electron chi connectivity index (χ2n) is 6.80. The van der Waals surface area contributed by atoms with Crippen LogP contribution in [-0.2, 0) is 25.7 Å². The molecule has 0 unspecified atom stereocenters. The standard InChI is InChI=1S/C20H32N2O5/c1-5-13(2)19(16(23)11-17(24)26-4)22-20(25)18(21)14(3)27-12-15-9-7-6-8-10-15/h6-10,13-14,16,18-19,23H,5,11-12,21H2,1-4H3,(H,22,25)/t13-,14+,16-,18-,19+/m0/s1. The smallest absolute Gasteiger partial charge is 0.308 e. The van der Waals surface area contributed by atoms with Gasteiger partial charge >= 0.3 is 5.97 Å². The summed E-state index contributed by atoms with van der Waals surface area (Å²) >= 11 is 0. The minimum Gasteiger partial charge on any atom is -0.469 e. The number of carbonyl (C=O) groups is 2. The predicted molar refractivity (Wildman–Crippen MR) is 103 cm³/mol. The molecule has 0 bridgehead atoms. The van der Waals surface area contributed by atoms with Crippen molar-refractivity contribution in [2.45, 2.75) is 64.5 Å². The lowest BCUT2D eigenvalue weighted by atomic mass is 9.92. The van der Waals surface area contributed by atoms with Crippen LogP contribution in [0.25, 0.3) is 0 Å². The number of amides is 1. The second kappa shape index (κ2) is 11.7. The molecular formula is C20H32N2O5. The Hall–Kier alpha value is -1.96. The molecule has 7 heteroatoms. The molecule has 0 spiro atoms. The summed E-state index contributed by atoms with van der Waals surface area (Å²) < 4.78 is 10.3. The molecule has 7 nitrogen and oxygen atoms in total. The van der Waals surface area contributed by atoms with E-state index in [1.54, 1.807) is 6.92 Å². The van der Waals surface area contributed by atoms with Gasteiger partial charge in [0.2, 0.25) is 5.91 Å². The van der Waals surface area contributed by atoms with Gasteiger partial charge in [0.1, 0.15) is 6.04 Å². The Morgan fingerprint density at radius 3 is 2.41 bits per heavy atom. The van der Waals surface area contributed by atoms with E-state index >= 15 is 0 Å². The molecule has 5 atom stereocenters. The van der Waals surface area contributed by atoms with Crippen LogP contribution in [-0.4, -0.2) is 48.4 Å². The Kier molecular flexibility index (Phi) is 9.99. The minimum absolute atomic E-state index is 0.0404. The van der Waals surface area contributed by atoms with E-state index in [0.29, 0.717) is 6.61 Å². The molecule has 1 aromatic rings. The molecule has 4 N–H and O–H groups in total. The molecule has 0 radical (unpaired) electrons. The number of aliphatic hydroxyl groups excluding tert-OH is 1. The quantitative estimate of drug-likeness (QED) is 0.500. The highest BCUT2D eigenvalue weighted by atomic mass is 16.5. The Balaban J connectivity index is 2.65. The van der Waals surface area contributed by atoms with Gasteiger partial charge < -0.3 is 25.6 Å². The van der Waals surface area contributed by atoms with Gasteiger partial charge in [-0.3, -0.25) is 9.59 Å². The SMILES string of the molecule is CC[C@H](C)[C@@H](NC(=O)[C@@H](N)[C@@H](C)OCc1ccccc1)[C@@H](O)CC(=O)OC. The summed E-state index contributed by atoms with van der Waals surface area (Å²) in [4.78, 5) is 24.0. The summed E-state index contributed by atoms with van der Waals surface area (Å²) in [7, 11) is 1.26. The third-order valence-electron chi connectivity index (χ3n) is 4.75. The number of carbonyl (C=O) groups excluding carboxylic acids is 2. The summed E-state index contributed by atoms with van der Waals surface area (Å²) in [5, 5.41) is 13.1. The highest BCUT2D eigenvalue weighted by molar-refractivity contribution is 5.82. The molecule has 0 saturated carbocycles. The van der Waals surface area contributed by atoms with Crippen LogP contribution in [0.3, 0.4) is 0 Å². The van der Waals surface area contributed by atoms with Crippen LogP contribution in [0, 0.1) is 5.92 Å². The number of aliphatic hydroxyl groups is 1. The Labute approximate surface area is 161 Å². The zero-order valence-corrected chi connectivity index (χ0v) is 16.6. The normalized spacial score (nSPS) is 16.7. The van der Waals surface area contributed by atoms with Gasteiger partial charge in [-0.1, -0.05) is 50.6 Å².